The van der Waals surface area contributed by atoms with Crippen LogP contribution in [0.3, 0.4) is 0 Å². The van der Waals surface area contributed by atoms with Gasteiger partial charge in [0, 0.05) is 12.6 Å². The van der Waals surface area contributed by atoms with Crippen LogP contribution in [-0.4, -0.2) is 29.5 Å². The molecule has 2 unspecified atom stereocenters. The summed E-state index contributed by atoms with van der Waals surface area (Å²) in [7, 11) is 0. The van der Waals surface area contributed by atoms with Crippen molar-refractivity contribution in [2.45, 2.75) is 38.3 Å². The first-order valence-corrected chi connectivity index (χ1v) is 4.88. The molecule has 2 fully saturated rings. The van der Waals surface area contributed by atoms with Gasteiger partial charge in [0.25, 0.3) is 0 Å². The third kappa shape index (κ3) is 1.98. The van der Waals surface area contributed by atoms with Crippen LogP contribution >= 0.6 is 0 Å². The molecular weight excluding hydrogens is 166 g/mol. The van der Waals surface area contributed by atoms with Crippen molar-refractivity contribution < 1.29 is 9.63 Å². The molecule has 0 aromatic rings. The van der Waals surface area contributed by atoms with Crippen LogP contribution < -0.4 is 0 Å². The monoisotopic (exact) mass is 181 g/mol. The van der Waals surface area contributed by atoms with Gasteiger partial charge in [0.05, 0.1) is 6.10 Å². The van der Waals surface area contributed by atoms with E-state index in [1.807, 2.05) is 6.08 Å². The van der Waals surface area contributed by atoms with Crippen molar-refractivity contribution in [2.75, 3.05) is 6.54 Å². The fraction of sp³-hybridized carbons (Fsp3) is 0.700. The van der Waals surface area contributed by atoms with Gasteiger partial charge in [0.2, 0.25) is 0 Å². The zero-order valence-corrected chi connectivity index (χ0v) is 7.90. The summed E-state index contributed by atoms with van der Waals surface area (Å²) in [4.78, 5) is 16.3. The average Bonchev–Trinajstić information content (AvgIpc) is 2.58. The van der Waals surface area contributed by atoms with Gasteiger partial charge in [-0.25, -0.2) is 0 Å². The molecule has 2 rings (SSSR count). The first-order chi connectivity index (χ1) is 6.25. The molecule has 2 heterocycles. The molecule has 0 bridgehead atoms. The van der Waals surface area contributed by atoms with Gasteiger partial charge in [-0.15, -0.1) is 0 Å². The fourth-order valence-corrected chi connectivity index (χ4v) is 2.03. The highest BCUT2D eigenvalue weighted by atomic mass is 16.7. The first kappa shape index (κ1) is 8.91. The molecule has 2 saturated heterocycles. The quantitative estimate of drug-likeness (QED) is 0.601. The SMILES string of the molecule is CC(=O)/C=C/C1CC2CCCN2O1. The van der Waals surface area contributed by atoms with Crippen molar-refractivity contribution in [2.24, 2.45) is 0 Å². The van der Waals surface area contributed by atoms with E-state index < -0.39 is 0 Å². The molecule has 2 atom stereocenters. The van der Waals surface area contributed by atoms with Gasteiger partial charge >= 0.3 is 0 Å². The molecule has 13 heavy (non-hydrogen) atoms. The largest absolute Gasteiger partial charge is 0.295 e. The van der Waals surface area contributed by atoms with Gasteiger partial charge in [0.1, 0.15) is 0 Å². The molecule has 0 aliphatic carbocycles. The van der Waals surface area contributed by atoms with Gasteiger partial charge in [-0.1, -0.05) is 6.08 Å². The van der Waals surface area contributed by atoms with Crippen LogP contribution in [0.4, 0.5) is 0 Å². The zero-order valence-electron chi connectivity index (χ0n) is 7.90. The van der Waals surface area contributed by atoms with Crippen LogP contribution in [0.5, 0.6) is 0 Å². The highest BCUT2D eigenvalue weighted by Gasteiger charge is 2.35. The first-order valence-electron chi connectivity index (χ1n) is 4.88. The summed E-state index contributed by atoms with van der Waals surface area (Å²) >= 11 is 0. The summed E-state index contributed by atoms with van der Waals surface area (Å²) < 4.78 is 0. The summed E-state index contributed by atoms with van der Waals surface area (Å²) in [5.41, 5.74) is 0. The number of nitrogens with zero attached hydrogens (tertiary/aromatic N) is 1. The number of hydroxylamine groups is 2. The second-order valence-corrected chi connectivity index (χ2v) is 3.79. The number of hydrogen-bond acceptors (Lipinski definition) is 3. The summed E-state index contributed by atoms with van der Waals surface area (Å²) in [5.74, 6) is 0.0932. The second-order valence-electron chi connectivity index (χ2n) is 3.79. The lowest BCUT2D eigenvalue weighted by atomic mass is 10.1. The minimum atomic E-state index is 0.0932. The van der Waals surface area contributed by atoms with Gasteiger partial charge in [0.15, 0.2) is 5.78 Å². The van der Waals surface area contributed by atoms with Crippen LogP contribution in [0.2, 0.25) is 0 Å². The van der Waals surface area contributed by atoms with Gasteiger partial charge in [-0.2, -0.15) is 5.06 Å². The fourth-order valence-electron chi connectivity index (χ4n) is 2.03. The number of ketones is 1. The summed E-state index contributed by atoms with van der Waals surface area (Å²) in [6.07, 6.45) is 7.14. The summed E-state index contributed by atoms with van der Waals surface area (Å²) in [5, 5.41) is 2.06. The Morgan fingerprint density at radius 1 is 1.62 bits per heavy atom. The molecule has 0 spiro atoms. The van der Waals surface area contributed by atoms with E-state index in [1.165, 1.54) is 12.8 Å². The molecule has 0 aromatic carbocycles. The van der Waals surface area contributed by atoms with Crippen molar-refractivity contribution in [3.8, 4) is 0 Å². The van der Waals surface area contributed by atoms with Crippen LogP contribution in [-0.2, 0) is 9.63 Å². The lowest BCUT2D eigenvalue weighted by Crippen LogP contribution is -2.20. The zero-order chi connectivity index (χ0) is 9.26. The Morgan fingerprint density at radius 2 is 2.46 bits per heavy atom. The van der Waals surface area contributed by atoms with E-state index in [4.69, 9.17) is 4.84 Å². The number of rotatable bonds is 2. The molecule has 3 nitrogen and oxygen atoms in total. The molecule has 0 aromatic heterocycles. The van der Waals surface area contributed by atoms with Crippen LogP contribution in [0.1, 0.15) is 26.2 Å². The van der Waals surface area contributed by atoms with Gasteiger partial charge in [-0.05, 0) is 32.3 Å². The van der Waals surface area contributed by atoms with E-state index >= 15 is 0 Å². The Kier molecular flexibility index (Phi) is 2.47. The molecule has 3 heteroatoms. The van der Waals surface area contributed by atoms with Crippen molar-refractivity contribution in [3.63, 3.8) is 0 Å². The van der Waals surface area contributed by atoms with Crippen molar-refractivity contribution >= 4 is 5.78 Å². The predicted octanol–water partition coefficient (Wildman–Crippen LogP) is 1.30. The Balaban J connectivity index is 1.88. The van der Waals surface area contributed by atoms with Crippen molar-refractivity contribution in [1.29, 1.82) is 0 Å². The molecule has 0 N–H and O–H groups in total. The van der Waals surface area contributed by atoms with Gasteiger partial charge in [-0.3, -0.25) is 9.63 Å². The smallest absolute Gasteiger partial charge is 0.152 e. The van der Waals surface area contributed by atoms with Crippen LogP contribution in [0, 0.1) is 0 Å². The number of allylic oxidation sites excluding steroid dienone is 1. The lowest BCUT2D eigenvalue weighted by molar-refractivity contribution is -0.134. The minimum absolute atomic E-state index is 0.0932. The Labute approximate surface area is 78.3 Å². The number of carbonyl (C=O) groups is 1. The normalized spacial score (nSPS) is 34.2. The van der Waals surface area contributed by atoms with Crippen LogP contribution in [0.25, 0.3) is 0 Å². The van der Waals surface area contributed by atoms with E-state index in [2.05, 4.69) is 5.06 Å². The van der Waals surface area contributed by atoms with Crippen molar-refractivity contribution in [1.82, 2.24) is 5.06 Å². The van der Waals surface area contributed by atoms with E-state index in [-0.39, 0.29) is 11.9 Å². The predicted molar refractivity (Wildman–Crippen MR) is 49.0 cm³/mol. The van der Waals surface area contributed by atoms with Gasteiger partial charge < -0.3 is 0 Å². The number of hydrogen-bond donors (Lipinski definition) is 0. The molecule has 0 radical (unpaired) electrons. The topological polar surface area (TPSA) is 29.5 Å². The van der Waals surface area contributed by atoms with Crippen LogP contribution in [0.15, 0.2) is 12.2 Å². The Bertz CT molecular complexity index is 225. The average molecular weight is 181 g/mol. The van der Waals surface area contributed by atoms with Crippen molar-refractivity contribution in [3.05, 3.63) is 12.2 Å². The van der Waals surface area contributed by atoms with E-state index in [1.54, 1.807) is 13.0 Å². The molecule has 0 saturated carbocycles. The Morgan fingerprint density at radius 3 is 3.15 bits per heavy atom. The third-order valence-electron chi connectivity index (χ3n) is 2.64. The molecule has 0 amide bonds. The molecular formula is C10H15NO2. The highest BCUT2D eigenvalue weighted by molar-refractivity contribution is 5.87. The summed E-state index contributed by atoms with van der Waals surface area (Å²) in [6, 6.07) is 0.599. The molecule has 2 aliphatic rings. The number of fused-ring (bicyclic) bond motifs is 1. The second kappa shape index (κ2) is 3.60. The molecule has 2 aliphatic heterocycles. The maximum absolute atomic E-state index is 10.7. The maximum atomic E-state index is 10.7. The Hall–Kier alpha value is -0.670. The molecule has 72 valence electrons. The third-order valence-corrected chi connectivity index (χ3v) is 2.64. The minimum Gasteiger partial charge on any atom is -0.295 e. The lowest BCUT2D eigenvalue weighted by Gasteiger charge is -2.11. The standard InChI is InChI=1S/C10H15NO2/c1-8(12)4-5-10-7-9-3-2-6-11(9)13-10/h4-5,9-10H,2-3,6-7H2,1H3/b5-4+. The maximum Gasteiger partial charge on any atom is 0.152 e. The number of carbonyl (C=O) groups excluding carboxylic acids is 1. The van der Waals surface area contributed by atoms with E-state index in [0.717, 1.165) is 13.0 Å². The van der Waals surface area contributed by atoms with E-state index in [0.29, 0.717) is 6.04 Å². The van der Waals surface area contributed by atoms with E-state index in [9.17, 15) is 4.79 Å². The highest BCUT2D eigenvalue weighted by Crippen LogP contribution is 2.30. The summed E-state index contributed by atoms with van der Waals surface area (Å²) in [6.45, 7) is 2.61.